The van der Waals surface area contributed by atoms with Crippen LogP contribution in [0.4, 0.5) is 0 Å². The first kappa shape index (κ1) is 13.8. The summed E-state index contributed by atoms with van der Waals surface area (Å²) in [5.41, 5.74) is 2.87. The number of benzene rings is 2. The maximum absolute atomic E-state index is 12.0. The van der Waals surface area contributed by atoms with E-state index in [1.54, 1.807) is 0 Å². The van der Waals surface area contributed by atoms with E-state index in [-0.39, 0.29) is 12.3 Å². The summed E-state index contributed by atoms with van der Waals surface area (Å²) in [4.78, 5) is 12.0. The Labute approximate surface area is 118 Å². The summed E-state index contributed by atoms with van der Waals surface area (Å²) < 4.78 is 0. The topological polar surface area (TPSA) is 52.9 Å². The minimum atomic E-state index is -0.605. The van der Waals surface area contributed by atoms with Gasteiger partial charge in [0.05, 0.1) is 12.5 Å². The molecule has 2 aromatic rings. The molecular formula is C17H16N2O. The molecule has 100 valence electrons. The molecule has 0 spiro atoms. The number of hydrogen-bond donors (Lipinski definition) is 1. The molecule has 0 radical (unpaired) electrons. The summed E-state index contributed by atoms with van der Waals surface area (Å²) in [5, 5.41) is 11.9. The van der Waals surface area contributed by atoms with Crippen LogP contribution < -0.4 is 5.32 Å². The van der Waals surface area contributed by atoms with Crippen LogP contribution in [0.2, 0.25) is 0 Å². The first-order valence-electron chi connectivity index (χ1n) is 6.48. The lowest BCUT2D eigenvalue weighted by molar-refractivity contribution is -0.120. The molecule has 3 heteroatoms. The lowest BCUT2D eigenvalue weighted by Crippen LogP contribution is -2.29. The summed E-state index contributed by atoms with van der Waals surface area (Å²) in [7, 11) is 0. The van der Waals surface area contributed by atoms with Gasteiger partial charge in [0.2, 0.25) is 5.91 Å². The number of carbonyl (C=O) groups is 1. The number of rotatable bonds is 4. The van der Waals surface area contributed by atoms with Gasteiger partial charge in [-0.15, -0.1) is 0 Å². The van der Waals surface area contributed by atoms with Crippen molar-refractivity contribution < 1.29 is 4.79 Å². The van der Waals surface area contributed by atoms with Crippen molar-refractivity contribution in [1.29, 1.82) is 5.26 Å². The average molecular weight is 264 g/mol. The standard InChI is InChI=1S/C17H16N2O/c1-13-7-9-15(10-8-13)16(12-18)19-17(20)11-14-5-3-2-4-6-14/h2-10,16H,11H2,1H3,(H,19,20). The molecule has 0 aliphatic rings. The Morgan fingerprint density at radius 2 is 1.80 bits per heavy atom. The Kier molecular flexibility index (Phi) is 4.52. The molecule has 20 heavy (non-hydrogen) atoms. The van der Waals surface area contributed by atoms with Crippen LogP contribution in [0, 0.1) is 18.3 Å². The zero-order valence-corrected chi connectivity index (χ0v) is 11.3. The van der Waals surface area contributed by atoms with Crippen molar-refractivity contribution in [3.05, 3.63) is 71.3 Å². The molecule has 0 aromatic heterocycles. The summed E-state index contributed by atoms with van der Waals surface area (Å²) >= 11 is 0. The van der Waals surface area contributed by atoms with Crippen LogP contribution in [0.5, 0.6) is 0 Å². The Hall–Kier alpha value is -2.60. The quantitative estimate of drug-likeness (QED) is 0.923. The molecule has 2 rings (SSSR count). The second-order valence-corrected chi connectivity index (χ2v) is 4.70. The van der Waals surface area contributed by atoms with Gasteiger partial charge in [0, 0.05) is 0 Å². The highest BCUT2D eigenvalue weighted by Crippen LogP contribution is 2.13. The molecule has 0 bridgehead atoms. The number of nitrogens with one attached hydrogen (secondary N) is 1. The highest BCUT2D eigenvalue weighted by atomic mass is 16.1. The average Bonchev–Trinajstić information content (AvgIpc) is 2.47. The normalized spacial score (nSPS) is 11.4. The highest BCUT2D eigenvalue weighted by molar-refractivity contribution is 5.79. The van der Waals surface area contributed by atoms with Crippen molar-refractivity contribution >= 4 is 5.91 Å². The summed E-state index contributed by atoms with van der Waals surface area (Å²) in [6.07, 6.45) is 0.283. The monoisotopic (exact) mass is 264 g/mol. The predicted molar refractivity (Wildman–Crippen MR) is 77.8 cm³/mol. The van der Waals surface area contributed by atoms with Gasteiger partial charge in [-0.05, 0) is 18.1 Å². The van der Waals surface area contributed by atoms with E-state index in [1.165, 1.54) is 0 Å². The molecule has 2 aromatic carbocycles. The van der Waals surface area contributed by atoms with Gasteiger partial charge < -0.3 is 5.32 Å². The smallest absolute Gasteiger partial charge is 0.225 e. The molecule has 0 saturated heterocycles. The van der Waals surface area contributed by atoms with E-state index >= 15 is 0 Å². The van der Waals surface area contributed by atoms with Crippen LogP contribution in [0.3, 0.4) is 0 Å². The fraction of sp³-hybridized carbons (Fsp3) is 0.176. The Bertz CT molecular complexity index is 612. The van der Waals surface area contributed by atoms with Crippen LogP contribution in [-0.2, 0) is 11.2 Å². The fourth-order valence-electron chi connectivity index (χ4n) is 1.94. The van der Waals surface area contributed by atoms with E-state index < -0.39 is 6.04 Å². The van der Waals surface area contributed by atoms with Crippen LogP contribution in [0.25, 0.3) is 0 Å². The predicted octanol–water partition coefficient (Wildman–Crippen LogP) is 2.92. The summed E-state index contributed by atoms with van der Waals surface area (Å²) in [6.45, 7) is 1.99. The van der Waals surface area contributed by atoms with Gasteiger partial charge >= 0.3 is 0 Å². The zero-order valence-electron chi connectivity index (χ0n) is 11.3. The van der Waals surface area contributed by atoms with Crippen molar-refractivity contribution in [3.63, 3.8) is 0 Å². The van der Waals surface area contributed by atoms with Gasteiger partial charge in [-0.2, -0.15) is 5.26 Å². The van der Waals surface area contributed by atoms with Gasteiger partial charge in [-0.25, -0.2) is 0 Å². The van der Waals surface area contributed by atoms with Crippen LogP contribution >= 0.6 is 0 Å². The molecule has 1 N–H and O–H groups in total. The molecule has 0 fully saturated rings. The molecule has 0 aliphatic heterocycles. The molecule has 1 unspecified atom stereocenters. The van der Waals surface area contributed by atoms with E-state index in [2.05, 4.69) is 11.4 Å². The van der Waals surface area contributed by atoms with Gasteiger partial charge in [0.15, 0.2) is 0 Å². The molecule has 0 heterocycles. The van der Waals surface area contributed by atoms with Crippen molar-refractivity contribution in [2.45, 2.75) is 19.4 Å². The Balaban J connectivity index is 2.02. The molecule has 0 saturated carbocycles. The third-order valence-electron chi connectivity index (χ3n) is 3.05. The third kappa shape index (κ3) is 3.69. The van der Waals surface area contributed by atoms with E-state index in [4.69, 9.17) is 0 Å². The lowest BCUT2D eigenvalue weighted by Gasteiger charge is -2.12. The number of hydrogen-bond acceptors (Lipinski definition) is 2. The zero-order chi connectivity index (χ0) is 14.4. The van der Waals surface area contributed by atoms with Crippen molar-refractivity contribution in [1.82, 2.24) is 5.32 Å². The van der Waals surface area contributed by atoms with Crippen LogP contribution in [0.15, 0.2) is 54.6 Å². The van der Waals surface area contributed by atoms with Crippen molar-refractivity contribution in [3.8, 4) is 6.07 Å². The minimum absolute atomic E-state index is 0.150. The van der Waals surface area contributed by atoms with E-state index in [0.29, 0.717) is 0 Å². The molecule has 0 aliphatic carbocycles. The van der Waals surface area contributed by atoms with Gasteiger partial charge in [0.25, 0.3) is 0 Å². The highest BCUT2D eigenvalue weighted by Gasteiger charge is 2.13. The number of carbonyl (C=O) groups excluding carboxylic acids is 1. The first-order chi connectivity index (χ1) is 9.69. The minimum Gasteiger partial charge on any atom is -0.336 e. The van der Waals surface area contributed by atoms with Gasteiger partial charge in [0.1, 0.15) is 6.04 Å². The summed E-state index contributed by atoms with van der Waals surface area (Å²) in [5.74, 6) is -0.150. The lowest BCUT2D eigenvalue weighted by atomic mass is 10.1. The SMILES string of the molecule is Cc1ccc(C(C#N)NC(=O)Cc2ccccc2)cc1. The number of nitriles is 1. The largest absolute Gasteiger partial charge is 0.336 e. The third-order valence-corrected chi connectivity index (χ3v) is 3.05. The second-order valence-electron chi connectivity index (χ2n) is 4.70. The number of amides is 1. The maximum atomic E-state index is 12.0. The second kappa shape index (κ2) is 6.53. The molecule has 1 amide bonds. The van der Waals surface area contributed by atoms with E-state index in [9.17, 15) is 10.1 Å². The summed E-state index contributed by atoms with van der Waals surface area (Å²) in [6, 6.07) is 18.6. The van der Waals surface area contributed by atoms with Gasteiger partial charge in [-0.3, -0.25) is 4.79 Å². The number of aryl methyl sites for hydroxylation is 1. The van der Waals surface area contributed by atoms with Gasteiger partial charge in [-0.1, -0.05) is 60.2 Å². The van der Waals surface area contributed by atoms with Crippen LogP contribution in [0.1, 0.15) is 22.7 Å². The van der Waals surface area contributed by atoms with Crippen LogP contribution in [-0.4, -0.2) is 5.91 Å². The number of nitrogens with zero attached hydrogens (tertiary/aromatic N) is 1. The van der Waals surface area contributed by atoms with E-state index in [0.717, 1.165) is 16.7 Å². The maximum Gasteiger partial charge on any atom is 0.225 e. The molecule has 1 atom stereocenters. The Morgan fingerprint density at radius 3 is 2.40 bits per heavy atom. The first-order valence-corrected chi connectivity index (χ1v) is 6.48. The van der Waals surface area contributed by atoms with Crippen molar-refractivity contribution in [2.24, 2.45) is 0 Å². The molecule has 3 nitrogen and oxygen atoms in total. The van der Waals surface area contributed by atoms with Crippen molar-refractivity contribution in [2.75, 3.05) is 0 Å². The van der Waals surface area contributed by atoms with E-state index in [1.807, 2.05) is 61.5 Å². The fourth-order valence-corrected chi connectivity index (χ4v) is 1.94. The Morgan fingerprint density at radius 1 is 1.15 bits per heavy atom. The molecular weight excluding hydrogens is 248 g/mol.